The molecule has 19 heavy (non-hydrogen) atoms. The number of nitrogens with zero attached hydrogens (tertiary/aromatic N) is 3. The summed E-state index contributed by atoms with van der Waals surface area (Å²) in [6.45, 7) is 3.99. The highest BCUT2D eigenvalue weighted by atomic mass is 16.4. The Morgan fingerprint density at radius 3 is 2.89 bits per heavy atom. The molecule has 104 valence electrons. The number of hydrogen-bond acceptors (Lipinski definition) is 4. The third-order valence-electron chi connectivity index (χ3n) is 3.86. The van der Waals surface area contributed by atoms with Crippen molar-refractivity contribution in [2.75, 3.05) is 6.54 Å². The van der Waals surface area contributed by atoms with Crippen LogP contribution in [0.5, 0.6) is 0 Å². The van der Waals surface area contributed by atoms with Crippen LogP contribution in [0.25, 0.3) is 0 Å². The van der Waals surface area contributed by atoms with E-state index in [-0.39, 0.29) is 5.84 Å². The Morgan fingerprint density at radius 2 is 2.26 bits per heavy atom. The molecule has 0 aliphatic heterocycles. The van der Waals surface area contributed by atoms with Crippen molar-refractivity contribution in [3.63, 3.8) is 0 Å². The Bertz CT molecular complexity index is 441. The predicted octanol–water partition coefficient (Wildman–Crippen LogP) is 1.94. The molecule has 5 nitrogen and oxygen atoms in total. The van der Waals surface area contributed by atoms with Crippen molar-refractivity contribution in [3.05, 3.63) is 29.6 Å². The van der Waals surface area contributed by atoms with Crippen LogP contribution in [0.15, 0.2) is 23.5 Å². The lowest BCUT2D eigenvalue weighted by Crippen LogP contribution is -2.33. The van der Waals surface area contributed by atoms with Crippen LogP contribution >= 0.6 is 0 Å². The molecule has 0 unspecified atom stereocenters. The molecular formula is C14H22N4O. The number of aromatic nitrogens is 1. The Labute approximate surface area is 114 Å². The molecule has 0 saturated heterocycles. The maximum atomic E-state index is 8.82. The summed E-state index contributed by atoms with van der Waals surface area (Å²) in [5.41, 5.74) is 7.29. The van der Waals surface area contributed by atoms with Gasteiger partial charge in [-0.25, -0.2) is 0 Å². The molecule has 1 fully saturated rings. The molecular weight excluding hydrogens is 240 g/mol. The summed E-state index contributed by atoms with van der Waals surface area (Å²) in [6.07, 6.45) is 6.85. The number of hydrogen-bond donors (Lipinski definition) is 2. The average Bonchev–Trinajstić information content (AvgIpc) is 2.98. The van der Waals surface area contributed by atoms with Gasteiger partial charge < -0.3 is 10.9 Å². The molecule has 0 radical (unpaired) electrons. The van der Waals surface area contributed by atoms with Crippen LogP contribution in [0.3, 0.4) is 0 Å². The summed E-state index contributed by atoms with van der Waals surface area (Å²) in [7, 11) is 0. The van der Waals surface area contributed by atoms with Gasteiger partial charge in [0.1, 0.15) is 5.69 Å². The number of amidine groups is 1. The Morgan fingerprint density at radius 1 is 1.53 bits per heavy atom. The van der Waals surface area contributed by atoms with Crippen LogP contribution in [0, 0.1) is 0 Å². The van der Waals surface area contributed by atoms with Gasteiger partial charge in [0.05, 0.1) is 0 Å². The Hall–Kier alpha value is -1.62. The molecule has 3 N–H and O–H groups in total. The van der Waals surface area contributed by atoms with E-state index >= 15 is 0 Å². The molecule has 1 aliphatic rings. The fourth-order valence-electron chi connectivity index (χ4n) is 2.83. The minimum absolute atomic E-state index is 0.0816. The summed E-state index contributed by atoms with van der Waals surface area (Å²) in [4.78, 5) is 6.68. The van der Waals surface area contributed by atoms with Crippen LogP contribution in [0.4, 0.5) is 0 Å². The van der Waals surface area contributed by atoms with Crippen molar-refractivity contribution in [2.24, 2.45) is 10.9 Å². The molecule has 1 aromatic rings. The zero-order valence-electron chi connectivity index (χ0n) is 11.4. The lowest BCUT2D eigenvalue weighted by molar-refractivity contribution is 0.200. The minimum Gasteiger partial charge on any atom is -0.409 e. The summed E-state index contributed by atoms with van der Waals surface area (Å²) < 4.78 is 0. The molecule has 0 bridgehead atoms. The van der Waals surface area contributed by atoms with E-state index in [1.54, 1.807) is 6.20 Å². The van der Waals surface area contributed by atoms with Crippen LogP contribution in [-0.2, 0) is 6.54 Å². The van der Waals surface area contributed by atoms with E-state index < -0.39 is 0 Å². The second-order valence-electron chi connectivity index (χ2n) is 5.00. The Balaban J connectivity index is 2.17. The van der Waals surface area contributed by atoms with Gasteiger partial charge in [0.2, 0.25) is 0 Å². The van der Waals surface area contributed by atoms with Crippen molar-refractivity contribution < 1.29 is 5.21 Å². The van der Waals surface area contributed by atoms with Gasteiger partial charge in [0.15, 0.2) is 5.84 Å². The van der Waals surface area contributed by atoms with Gasteiger partial charge in [-0.2, -0.15) is 0 Å². The molecule has 1 aliphatic carbocycles. The van der Waals surface area contributed by atoms with Crippen molar-refractivity contribution in [3.8, 4) is 0 Å². The number of rotatable bonds is 5. The van der Waals surface area contributed by atoms with E-state index in [0.29, 0.717) is 11.7 Å². The van der Waals surface area contributed by atoms with Crippen LogP contribution in [-0.4, -0.2) is 33.5 Å². The second-order valence-corrected chi connectivity index (χ2v) is 5.00. The zero-order valence-corrected chi connectivity index (χ0v) is 11.4. The van der Waals surface area contributed by atoms with Crippen LogP contribution < -0.4 is 5.73 Å². The summed E-state index contributed by atoms with van der Waals surface area (Å²) in [6, 6.07) is 4.55. The fourth-order valence-corrected chi connectivity index (χ4v) is 2.83. The van der Waals surface area contributed by atoms with Crippen LogP contribution in [0.1, 0.15) is 43.9 Å². The van der Waals surface area contributed by atoms with E-state index in [1.165, 1.54) is 25.7 Å². The average molecular weight is 262 g/mol. The first-order valence-corrected chi connectivity index (χ1v) is 6.92. The van der Waals surface area contributed by atoms with E-state index in [4.69, 9.17) is 10.9 Å². The van der Waals surface area contributed by atoms with E-state index in [1.807, 2.05) is 12.1 Å². The normalized spacial score (nSPS) is 17.3. The molecule has 0 atom stereocenters. The lowest BCUT2D eigenvalue weighted by atomic mass is 10.1. The third-order valence-corrected chi connectivity index (χ3v) is 3.86. The highest BCUT2D eigenvalue weighted by molar-refractivity contribution is 5.96. The zero-order chi connectivity index (χ0) is 13.7. The molecule has 1 aromatic heterocycles. The molecule has 0 amide bonds. The summed E-state index contributed by atoms with van der Waals surface area (Å²) in [5, 5.41) is 11.9. The van der Waals surface area contributed by atoms with Gasteiger partial charge in [0, 0.05) is 18.8 Å². The summed E-state index contributed by atoms with van der Waals surface area (Å²) >= 11 is 0. The predicted molar refractivity (Wildman–Crippen MR) is 75.1 cm³/mol. The maximum absolute atomic E-state index is 8.82. The third kappa shape index (κ3) is 3.23. The van der Waals surface area contributed by atoms with Gasteiger partial charge in [-0.15, -0.1) is 0 Å². The lowest BCUT2D eigenvalue weighted by Gasteiger charge is -2.27. The van der Waals surface area contributed by atoms with Crippen molar-refractivity contribution in [1.82, 2.24) is 9.88 Å². The fraction of sp³-hybridized carbons (Fsp3) is 0.571. The standard InChI is InChI=1S/C14H22N4O/c1-2-18(12-7-3-4-8-12)10-11-6-5-9-16-13(11)14(15)17-19/h5-6,9,12,19H,2-4,7-8,10H2,1H3,(H2,15,17). The largest absolute Gasteiger partial charge is 0.409 e. The van der Waals surface area contributed by atoms with Crippen molar-refractivity contribution in [2.45, 2.75) is 45.2 Å². The molecule has 5 heteroatoms. The topological polar surface area (TPSA) is 74.7 Å². The molecule has 1 saturated carbocycles. The Kier molecular flexibility index (Phi) is 4.74. The van der Waals surface area contributed by atoms with Crippen molar-refractivity contribution in [1.29, 1.82) is 0 Å². The molecule has 0 aromatic carbocycles. The smallest absolute Gasteiger partial charge is 0.189 e. The first-order chi connectivity index (χ1) is 9.26. The molecule has 2 rings (SSSR count). The highest BCUT2D eigenvalue weighted by Crippen LogP contribution is 2.25. The van der Waals surface area contributed by atoms with Gasteiger partial charge >= 0.3 is 0 Å². The SMILES string of the molecule is CCN(Cc1cccnc1/C(N)=N/O)C1CCCC1. The van der Waals surface area contributed by atoms with E-state index in [9.17, 15) is 0 Å². The van der Waals surface area contributed by atoms with E-state index in [2.05, 4.69) is 22.0 Å². The molecule has 1 heterocycles. The minimum atomic E-state index is 0.0816. The van der Waals surface area contributed by atoms with Crippen LogP contribution in [0.2, 0.25) is 0 Å². The quantitative estimate of drug-likeness (QED) is 0.368. The van der Waals surface area contributed by atoms with Gasteiger partial charge in [-0.3, -0.25) is 9.88 Å². The number of nitrogens with two attached hydrogens (primary N) is 1. The van der Waals surface area contributed by atoms with Gasteiger partial charge in [0.25, 0.3) is 0 Å². The van der Waals surface area contributed by atoms with Gasteiger partial charge in [-0.1, -0.05) is 31.0 Å². The first-order valence-electron chi connectivity index (χ1n) is 6.92. The maximum Gasteiger partial charge on any atom is 0.189 e. The first kappa shape index (κ1) is 13.8. The van der Waals surface area contributed by atoms with Crippen molar-refractivity contribution >= 4 is 5.84 Å². The molecule has 0 spiro atoms. The number of oxime groups is 1. The summed E-state index contributed by atoms with van der Waals surface area (Å²) in [5.74, 6) is 0.0816. The number of pyridine rings is 1. The van der Waals surface area contributed by atoms with E-state index in [0.717, 1.165) is 18.7 Å². The van der Waals surface area contributed by atoms with Gasteiger partial charge in [-0.05, 0) is 31.0 Å². The monoisotopic (exact) mass is 262 g/mol. The second kappa shape index (κ2) is 6.52. The highest BCUT2D eigenvalue weighted by Gasteiger charge is 2.22.